The number of quaternary nitrogens is 1. The van der Waals surface area contributed by atoms with Crippen LogP contribution in [0.15, 0.2) is 28.7 Å². The molecule has 0 aliphatic rings. The van der Waals surface area contributed by atoms with Gasteiger partial charge in [0, 0.05) is 17.1 Å². The Kier molecular flexibility index (Phi) is 5.15. The third-order valence-electron chi connectivity index (χ3n) is 2.10. The van der Waals surface area contributed by atoms with Crippen LogP contribution in [-0.4, -0.2) is 19.8 Å². The summed E-state index contributed by atoms with van der Waals surface area (Å²) in [5, 5.41) is 2.28. The Morgan fingerprint density at radius 3 is 2.57 bits per heavy atom. The van der Waals surface area contributed by atoms with E-state index >= 15 is 0 Å². The van der Waals surface area contributed by atoms with Crippen molar-refractivity contribution in [2.45, 2.75) is 19.5 Å². The minimum atomic E-state index is 0.517. The van der Waals surface area contributed by atoms with E-state index in [1.54, 1.807) is 7.11 Å². The second-order valence-corrected chi connectivity index (χ2v) is 4.41. The predicted molar refractivity (Wildman–Crippen MR) is 61.1 cm³/mol. The number of rotatable bonds is 5. The molecule has 0 amide bonds. The van der Waals surface area contributed by atoms with Crippen LogP contribution in [0.3, 0.4) is 0 Å². The fourth-order valence-electron chi connectivity index (χ4n) is 1.29. The number of hydrogen-bond acceptors (Lipinski definition) is 1. The maximum absolute atomic E-state index is 5.07. The van der Waals surface area contributed by atoms with Crippen LogP contribution >= 0.6 is 15.9 Å². The zero-order valence-electron chi connectivity index (χ0n) is 8.66. The summed E-state index contributed by atoms with van der Waals surface area (Å²) in [6, 6.07) is 8.94. The molecule has 0 saturated heterocycles. The van der Waals surface area contributed by atoms with Crippen molar-refractivity contribution >= 4 is 15.9 Å². The Morgan fingerprint density at radius 2 is 2.00 bits per heavy atom. The molecule has 14 heavy (non-hydrogen) atoms. The second kappa shape index (κ2) is 6.17. The van der Waals surface area contributed by atoms with E-state index in [0.717, 1.165) is 17.6 Å². The third kappa shape index (κ3) is 4.22. The average Bonchev–Trinajstić information content (AvgIpc) is 2.17. The van der Waals surface area contributed by atoms with Gasteiger partial charge in [-0.25, -0.2) is 0 Å². The van der Waals surface area contributed by atoms with Crippen molar-refractivity contribution < 1.29 is 10.1 Å². The number of methoxy groups -OCH3 is 1. The molecule has 0 saturated carbocycles. The van der Waals surface area contributed by atoms with Crippen molar-refractivity contribution in [1.82, 2.24) is 0 Å². The fraction of sp³-hybridized carbons (Fsp3) is 0.455. The van der Waals surface area contributed by atoms with E-state index in [4.69, 9.17) is 4.74 Å². The van der Waals surface area contributed by atoms with Crippen molar-refractivity contribution in [1.29, 1.82) is 0 Å². The average molecular weight is 259 g/mol. The van der Waals surface area contributed by atoms with Crippen LogP contribution in [0.5, 0.6) is 0 Å². The normalized spacial score (nSPS) is 12.8. The fourth-order valence-corrected chi connectivity index (χ4v) is 1.55. The first-order valence-electron chi connectivity index (χ1n) is 4.79. The maximum Gasteiger partial charge on any atom is 0.107 e. The second-order valence-electron chi connectivity index (χ2n) is 3.50. The Morgan fingerprint density at radius 1 is 1.36 bits per heavy atom. The maximum atomic E-state index is 5.07. The van der Waals surface area contributed by atoms with E-state index in [1.807, 2.05) is 0 Å². The molecular weight excluding hydrogens is 242 g/mol. The molecule has 0 spiro atoms. The summed E-state index contributed by atoms with van der Waals surface area (Å²) in [4.78, 5) is 0. The van der Waals surface area contributed by atoms with E-state index in [-0.39, 0.29) is 0 Å². The van der Waals surface area contributed by atoms with Crippen LogP contribution in [0.1, 0.15) is 12.5 Å². The summed E-state index contributed by atoms with van der Waals surface area (Å²) in [5.41, 5.74) is 1.34. The van der Waals surface area contributed by atoms with Crippen LogP contribution in [0, 0.1) is 0 Å². The molecule has 1 atom stereocenters. The molecule has 0 aliphatic heterocycles. The third-order valence-corrected chi connectivity index (χ3v) is 2.63. The Hall–Kier alpha value is -0.380. The van der Waals surface area contributed by atoms with Gasteiger partial charge in [0.1, 0.15) is 12.6 Å². The van der Waals surface area contributed by atoms with Crippen molar-refractivity contribution in [2.75, 3.05) is 13.7 Å². The highest BCUT2D eigenvalue weighted by molar-refractivity contribution is 9.10. The molecule has 78 valence electrons. The van der Waals surface area contributed by atoms with Gasteiger partial charge in [0.05, 0.1) is 6.61 Å². The first-order chi connectivity index (χ1) is 6.72. The van der Waals surface area contributed by atoms with Crippen molar-refractivity contribution in [3.8, 4) is 0 Å². The SMILES string of the molecule is COCC(C)[NH2+]Cc1ccc(Br)cc1. The topological polar surface area (TPSA) is 25.8 Å². The molecule has 0 fully saturated rings. The molecule has 3 heteroatoms. The molecule has 0 heterocycles. The van der Waals surface area contributed by atoms with Crippen LogP contribution in [-0.2, 0) is 11.3 Å². The lowest BCUT2D eigenvalue weighted by molar-refractivity contribution is -0.702. The Labute approximate surface area is 93.8 Å². The van der Waals surface area contributed by atoms with Crippen LogP contribution in [0.4, 0.5) is 0 Å². The van der Waals surface area contributed by atoms with Crippen molar-refractivity contribution in [3.63, 3.8) is 0 Å². The first kappa shape index (κ1) is 11.7. The summed E-state index contributed by atoms with van der Waals surface area (Å²) >= 11 is 3.42. The quantitative estimate of drug-likeness (QED) is 0.853. The highest BCUT2D eigenvalue weighted by Crippen LogP contribution is 2.09. The van der Waals surface area contributed by atoms with E-state index in [9.17, 15) is 0 Å². The van der Waals surface area contributed by atoms with Gasteiger partial charge in [0.15, 0.2) is 0 Å². The Balaban J connectivity index is 2.34. The van der Waals surface area contributed by atoms with Crippen LogP contribution < -0.4 is 5.32 Å². The van der Waals surface area contributed by atoms with E-state index < -0.39 is 0 Å². The lowest BCUT2D eigenvalue weighted by Crippen LogP contribution is -2.88. The van der Waals surface area contributed by atoms with Crippen molar-refractivity contribution in [3.05, 3.63) is 34.3 Å². The molecular formula is C11H17BrNO+. The van der Waals surface area contributed by atoms with Crippen LogP contribution in [0.25, 0.3) is 0 Å². The van der Waals surface area contributed by atoms with Gasteiger partial charge in [-0.05, 0) is 19.1 Å². The van der Waals surface area contributed by atoms with Gasteiger partial charge in [-0.15, -0.1) is 0 Å². The zero-order chi connectivity index (χ0) is 10.4. The molecule has 1 unspecified atom stereocenters. The number of halogens is 1. The number of ether oxygens (including phenoxy) is 1. The summed E-state index contributed by atoms with van der Waals surface area (Å²) in [6.07, 6.45) is 0. The molecule has 1 aromatic rings. The lowest BCUT2D eigenvalue weighted by atomic mass is 10.2. The van der Waals surface area contributed by atoms with Crippen LogP contribution in [0.2, 0.25) is 0 Å². The van der Waals surface area contributed by atoms with Gasteiger partial charge in [-0.1, -0.05) is 28.1 Å². The molecule has 2 nitrogen and oxygen atoms in total. The standard InChI is InChI=1S/C11H16BrNO/c1-9(8-14-2)13-7-10-3-5-11(12)6-4-10/h3-6,9,13H,7-8H2,1-2H3/p+1. The largest absolute Gasteiger partial charge is 0.379 e. The first-order valence-corrected chi connectivity index (χ1v) is 5.58. The number of benzene rings is 1. The molecule has 1 rings (SSSR count). The smallest absolute Gasteiger partial charge is 0.107 e. The molecule has 1 aromatic carbocycles. The molecule has 0 aromatic heterocycles. The van der Waals surface area contributed by atoms with E-state index in [1.165, 1.54) is 5.56 Å². The van der Waals surface area contributed by atoms with Gasteiger partial charge in [0.2, 0.25) is 0 Å². The molecule has 0 radical (unpaired) electrons. The predicted octanol–water partition coefficient (Wildman–Crippen LogP) is 1.55. The summed E-state index contributed by atoms with van der Waals surface area (Å²) in [7, 11) is 1.74. The van der Waals surface area contributed by atoms with E-state index in [0.29, 0.717) is 6.04 Å². The number of nitrogens with two attached hydrogens (primary N) is 1. The van der Waals surface area contributed by atoms with E-state index in [2.05, 4.69) is 52.4 Å². The van der Waals surface area contributed by atoms with Crippen molar-refractivity contribution in [2.24, 2.45) is 0 Å². The van der Waals surface area contributed by atoms with Gasteiger partial charge < -0.3 is 10.1 Å². The highest BCUT2D eigenvalue weighted by Gasteiger charge is 2.03. The van der Waals surface area contributed by atoms with Gasteiger partial charge in [-0.3, -0.25) is 0 Å². The summed E-state index contributed by atoms with van der Waals surface area (Å²) in [6.45, 7) is 3.98. The van der Waals surface area contributed by atoms with Gasteiger partial charge in [-0.2, -0.15) is 0 Å². The highest BCUT2D eigenvalue weighted by atomic mass is 79.9. The molecule has 0 bridgehead atoms. The van der Waals surface area contributed by atoms with Gasteiger partial charge in [0.25, 0.3) is 0 Å². The summed E-state index contributed by atoms with van der Waals surface area (Å²) in [5.74, 6) is 0. The minimum Gasteiger partial charge on any atom is -0.379 e. The Bertz CT molecular complexity index is 260. The summed E-state index contributed by atoms with van der Waals surface area (Å²) < 4.78 is 6.20. The van der Waals surface area contributed by atoms with Gasteiger partial charge >= 0.3 is 0 Å². The molecule has 0 aliphatic carbocycles. The zero-order valence-corrected chi connectivity index (χ0v) is 10.3. The lowest BCUT2D eigenvalue weighted by Gasteiger charge is -2.09. The molecule has 2 N–H and O–H groups in total. The minimum absolute atomic E-state index is 0.517. The number of hydrogen-bond donors (Lipinski definition) is 1. The monoisotopic (exact) mass is 258 g/mol.